The first-order chi connectivity index (χ1) is 12.1. The summed E-state index contributed by atoms with van der Waals surface area (Å²) in [7, 11) is 0. The smallest absolute Gasteiger partial charge is 0.345 e. The number of nitro groups is 1. The van der Waals surface area contributed by atoms with Gasteiger partial charge in [0.2, 0.25) is 0 Å². The molecule has 0 unspecified atom stereocenters. The van der Waals surface area contributed by atoms with Crippen LogP contribution < -0.4 is 15.8 Å². The van der Waals surface area contributed by atoms with Crippen LogP contribution in [0, 0.1) is 15.5 Å². The number of esters is 1. The minimum absolute atomic E-state index is 0.0340. The molecule has 0 aliphatic heterocycles. The second-order valence-corrected chi connectivity index (χ2v) is 7.48. The fraction of sp³-hybridized carbons (Fsp3) is 0.312. The van der Waals surface area contributed by atoms with Gasteiger partial charge in [-0.15, -0.1) is 0 Å². The molecule has 0 spiro atoms. The minimum atomic E-state index is -2.05. The van der Waals surface area contributed by atoms with Crippen molar-refractivity contribution in [3.63, 3.8) is 0 Å². The highest BCUT2D eigenvalue weighted by atomic mass is 32.1. The third-order valence-electron chi connectivity index (χ3n) is 3.71. The standard InChI is InChI=1S/C16H18N4O5S/c1-15(2,3)16(17,13(22)25-10-7-5-4-6-8-10)12(21)19-14-18-9-11(26-14)20(23)24/h4-9H,17H2,1-3H3,(H,18,19,21)/t16-/m1/s1. The van der Waals surface area contributed by atoms with Crippen molar-refractivity contribution < 1.29 is 19.2 Å². The summed E-state index contributed by atoms with van der Waals surface area (Å²) in [4.78, 5) is 39.3. The van der Waals surface area contributed by atoms with Gasteiger partial charge in [-0.05, 0) is 28.9 Å². The molecule has 3 N–H and O–H groups in total. The van der Waals surface area contributed by atoms with Crippen molar-refractivity contribution in [2.45, 2.75) is 26.3 Å². The highest BCUT2D eigenvalue weighted by molar-refractivity contribution is 7.18. The van der Waals surface area contributed by atoms with Crippen LogP contribution >= 0.6 is 11.3 Å². The van der Waals surface area contributed by atoms with E-state index in [4.69, 9.17) is 10.5 Å². The number of carbonyl (C=O) groups excluding carboxylic acids is 2. The van der Waals surface area contributed by atoms with Crippen molar-refractivity contribution >= 4 is 33.3 Å². The van der Waals surface area contributed by atoms with Gasteiger partial charge in [-0.3, -0.25) is 20.2 Å². The number of hydrogen-bond donors (Lipinski definition) is 2. The van der Waals surface area contributed by atoms with Crippen LogP contribution in [0.1, 0.15) is 20.8 Å². The van der Waals surface area contributed by atoms with Gasteiger partial charge in [-0.25, -0.2) is 9.78 Å². The van der Waals surface area contributed by atoms with Gasteiger partial charge in [0.1, 0.15) is 11.9 Å². The summed E-state index contributed by atoms with van der Waals surface area (Å²) in [5, 5.41) is 12.8. The maximum atomic E-state index is 12.8. The van der Waals surface area contributed by atoms with Crippen LogP contribution in [-0.4, -0.2) is 27.3 Å². The number of hydrogen-bond acceptors (Lipinski definition) is 8. The molecule has 1 amide bonds. The van der Waals surface area contributed by atoms with Gasteiger partial charge < -0.3 is 10.5 Å². The van der Waals surface area contributed by atoms with Gasteiger partial charge >= 0.3 is 11.0 Å². The second kappa shape index (κ2) is 7.18. The van der Waals surface area contributed by atoms with E-state index in [2.05, 4.69) is 10.3 Å². The van der Waals surface area contributed by atoms with Crippen LogP contribution in [-0.2, 0) is 9.59 Å². The van der Waals surface area contributed by atoms with E-state index < -0.39 is 27.8 Å². The Hall–Kier alpha value is -2.85. The van der Waals surface area contributed by atoms with Crippen molar-refractivity contribution in [1.82, 2.24) is 4.98 Å². The average Bonchev–Trinajstić information content (AvgIpc) is 3.02. The second-order valence-electron chi connectivity index (χ2n) is 6.48. The number of nitrogens with two attached hydrogens (primary N) is 1. The van der Waals surface area contributed by atoms with Crippen LogP contribution in [0.4, 0.5) is 10.1 Å². The zero-order valence-electron chi connectivity index (χ0n) is 14.4. The number of benzene rings is 1. The van der Waals surface area contributed by atoms with Gasteiger partial charge in [-0.1, -0.05) is 39.0 Å². The van der Waals surface area contributed by atoms with E-state index in [1.807, 2.05) is 0 Å². The van der Waals surface area contributed by atoms with E-state index in [0.717, 1.165) is 6.20 Å². The first kappa shape index (κ1) is 19.5. The summed E-state index contributed by atoms with van der Waals surface area (Å²) in [5.41, 5.74) is 3.12. The molecule has 0 radical (unpaired) electrons. The highest BCUT2D eigenvalue weighted by Crippen LogP contribution is 2.33. The molecule has 2 aromatic rings. The number of para-hydroxylation sites is 1. The first-order valence-electron chi connectivity index (χ1n) is 7.53. The third kappa shape index (κ3) is 3.86. The molecule has 0 saturated heterocycles. The Morgan fingerprint density at radius 3 is 2.38 bits per heavy atom. The molecule has 0 aliphatic carbocycles. The zero-order chi connectivity index (χ0) is 19.5. The molecule has 2 rings (SSSR count). The molecule has 0 fully saturated rings. The Bertz CT molecular complexity index is 831. The van der Waals surface area contributed by atoms with E-state index in [-0.39, 0.29) is 15.9 Å². The van der Waals surface area contributed by atoms with E-state index in [1.54, 1.807) is 51.1 Å². The van der Waals surface area contributed by atoms with E-state index in [9.17, 15) is 19.7 Å². The number of carbonyl (C=O) groups is 2. The Kier molecular flexibility index (Phi) is 5.38. The molecule has 1 aromatic heterocycles. The normalized spacial score (nSPS) is 13.5. The number of anilines is 1. The lowest BCUT2D eigenvalue weighted by Gasteiger charge is -2.37. The predicted molar refractivity (Wildman–Crippen MR) is 95.8 cm³/mol. The number of aromatic nitrogens is 1. The summed E-state index contributed by atoms with van der Waals surface area (Å²) in [6.07, 6.45) is 1.01. The molecular weight excluding hydrogens is 360 g/mol. The molecule has 1 aromatic carbocycles. The Balaban J connectivity index is 2.28. The van der Waals surface area contributed by atoms with Crippen LogP contribution in [0.3, 0.4) is 0 Å². The summed E-state index contributed by atoms with van der Waals surface area (Å²) in [5.74, 6) is -1.57. The van der Waals surface area contributed by atoms with Crippen LogP contribution in [0.5, 0.6) is 5.75 Å². The maximum Gasteiger partial charge on any atom is 0.345 e. The minimum Gasteiger partial charge on any atom is -0.425 e. The van der Waals surface area contributed by atoms with Gasteiger partial charge in [0, 0.05) is 0 Å². The lowest BCUT2D eigenvalue weighted by Crippen LogP contribution is -2.66. The summed E-state index contributed by atoms with van der Waals surface area (Å²) in [6.45, 7) is 4.84. The molecule has 0 aliphatic rings. The molecular formula is C16H18N4O5S. The molecule has 1 heterocycles. The van der Waals surface area contributed by atoms with E-state index in [0.29, 0.717) is 11.3 Å². The van der Waals surface area contributed by atoms with Crippen molar-refractivity contribution in [2.75, 3.05) is 5.32 Å². The molecule has 138 valence electrons. The number of rotatable bonds is 5. The van der Waals surface area contributed by atoms with Gasteiger partial charge in [-0.2, -0.15) is 0 Å². The Morgan fingerprint density at radius 1 is 1.27 bits per heavy atom. The topological polar surface area (TPSA) is 137 Å². The molecule has 0 saturated carbocycles. The number of amides is 1. The summed E-state index contributed by atoms with van der Waals surface area (Å²) >= 11 is 0.662. The molecule has 0 bridgehead atoms. The Morgan fingerprint density at radius 2 is 1.88 bits per heavy atom. The molecule has 9 nitrogen and oxygen atoms in total. The fourth-order valence-corrected chi connectivity index (χ4v) is 2.65. The molecule has 10 heteroatoms. The first-order valence-corrected chi connectivity index (χ1v) is 8.35. The predicted octanol–water partition coefficient (Wildman–Crippen LogP) is 2.34. The van der Waals surface area contributed by atoms with Gasteiger partial charge in [0.15, 0.2) is 10.7 Å². The zero-order valence-corrected chi connectivity index (χ0v) is 15.2. The van der Waals surface area contributed by atoms with Crippen molar-refractivity contribution in [2.24, 2.45) is 11.1 Å². The quantitative estimate of drug-likeness (QED) is 0.268. The summed E-state index contributed by atoms with van der Waals surface area (Å²) in [6, 6.07) is 8.21. The maximum absolute atomic E-state index is 12.8. The third-order valence-corrected chi connectivity index (χ3v) is 4.58. The summed E-state index contributed by atoms with van der Waals surface area (Å²) < 4.78 is 5.26. The lowest BCUT2D eigenvalue weighted by molar-refractivity contribution is -0.380. The highest BCUT2D eigenvalue weighted by Gasteiger charge is 2.53. The van der Waals surface area contributed by atoms with E-state index >= 15 is 0 Å². The van der Waals surface area contributed by atoms with Crippen LogP contribution in [0.15, 0.2) is 36.5 Å². The SMILES string of the molecule is CC(C)(C)[C@@](N)(C(=O)Nc1ncc([N+](=O)[O-])s1)C(=O)Oc1ccccc1. The van der Waals surface area contributed by atoms with Crippen LogP contribution in [0.2, 0.25) is 0 Å². The Labute approximate surface area is 153 Å². The van der Waals surface area contributed by atoms with Crippen LogP contribution in [0.25, 0.3) is 0 Å². The molecule has 1 atom stereocenters. The monoisotopic (exact) mass is 378 g/mol. The number of thiazole rings is 1. The van der Waals surface area contributed by atoms with Crippen molar-refractivity contribution in [3.05, 3.63) is 46.6 Å². The number of ether oxygens (including phenoxy) is 1. The molecule has 26 heavy (non-hydrogen) atoms. The number of nitrogens with zero attached hydrogens (tertiary/aromatic N) is 2. The number of nitrogens with one attached hydrogen (secondary N) is 1. The van der Waals surface area contributed by atoms with E-state index in [1.165, 1.54) is 0 Å². The fourth-order valence-electron chi connectivity index (χ4n) is 2.02. The van der Waals surface area contributed by atoms with Crippen molar-refractivity contribution in [3.8, 4) is 5.75 Å². The van der Waals surface area contributed by atoms with Crippen molar-refractivity contribution in [1.29, 1.82) is 0 Å². The largest absolute Gasteiger partial charge is 0.425 e. The lowest BCUT2D eigenvalue weighted by atomic mass is 9.73. The average molecular weight is 378 g/mol. The van der Waals surface area contributed by atoms with Gasteiger partial charge in [0.05, 0.1) is 4.92 Å². The van der Waals surface area contributed by atoms with Gasteiger partial charge in [0.25, 0.3) is 5.91 Å².